The van der Waals surface area contributed by atoms with Gasteiger partial charge in [-0.25, -0.2) is 13.9 Å². The second kappa shape index (κ2) is 10.5. The molecule has 2 aromatic heterocycles. The summed E-state index contributed by atoms with van der Waals surface area (Å²) in [5, 5.41) is 4.60. The maximum absolute atomic E-state index is 13.6. The Morgan fingerprint density at radius 1 is 1.13 bits per heavy atom. The molecule has 1 saturated heterocycles. The molecule has 1 aliphatic heterocycles. The Bertz CT molecular complexity index is 1510. The second-order valence-corrected chi connectivity index (χ2v) is 10.8. The average Bonchev–Trinajstić information content (AvgIpc) is 3.45. The molecule has 2 atom stereocenters. The van der Waals surface area contributed by atoms with Crippen molar-refractivity contribution >= 4 is 23.2 Å². The number of fused-ring (bicyclic) bond motifs is 1. The van der Waals surface area contributed by atoms with Crippen LogP contribution in [-0.2, 0) is 14.3 Å². The van der Waals surface area contributed by atoms with E-state index in [4.69, 9.17) is 9.47 Å². The van der Waals surface area contributed by atoms with E-state index < -0.39 is 11.7 Å². The van der Waals surface area contributed by atoms with Crippen molar-refractivity contribution in [3.05, 3.63) is 78.2 Å². The minimum absolute atomic E-state index is 0.0121. The molecule has 0 bridgehead atoms. The summed E-state index contributed by atoms with van der Waals surface area (Å²) in [7, 11) is 0. The van der Waals surface area contributed by atoms with Crippen molar-refractivity contribution in [1.82, 2.24) is 14.6 Å². The zero-order chi connectivity index (χ0) is 27.7. The van der Waals surface area contributed by atoms with Gasteiger partial charge in [-0.1, -0.05) is 24.3 Å². The van der Waals surface area contributed by atoms with Crippen LogP contribution in [0.1, 0.15) is 52.2 Å². The number of carbonyl (C=O) groups excluding carboxylic acids is 2. The lowest BCUT2D eigenvalue weighted by atomic mass is 10.0. The summed E-state index contributed by atoms with van der Waals surface area (Å²) in [5.74, 6) is -0.314. The molecule has 1 amide bonds. The number of halogens is 1. The highest BCUT2D eigenvalue weighted by Crippen LogP contribution is 2.30. The van der Waals surface area contributed by atoms with E-state index >= 15 is 0 Å². The molecule has 202 valence electrons. The number of aromatic nitrogens is 3. The minimum Gasteiger partial charge on any atom is -0.469 e. The van der Waals surface area contributed by atoms with Gasteiger partial charge in [0.2, 0.25) is 11.8 Å². The molecule has 0 radical (unpaired) electrons. The maximum Gasteiger partial charge on any atom is 0.306 e. The monoisotopic (exact) mass is 530 g/mol. The van der Waals surface area contributed by atoms with Crippen LogP contribution in [0.2, 0.25) is 0 Å². The topological polar surface area (TPSA) is 86.0 Å². The van der Waals surface area contributed by atoms with Gasteiger partial charge in [0.25, 0.3) is 0 Å². The summed E-state index contributed by atoms with van der Waals surface area (Å²) >= 11 is 0. The van der Waals surface area contributed by atoms with Crippen molar-refractivity contribution in [2.24, 2.45) is 5.92 Å². The highest BCUT2D eigenvalue weighted by atomic mass is 19.1. The molecule has 0 spiro atoms. The lowest BCUT2D eigenvalue weighted by molar-refractivity contribution is -0.155. The van der Waals surface area contributed by atoms with E-state index in [-0.39, 0.29) is 30.0 Å². The van der Waals surface area contributed by atoms with E-state index in [1.54, 1.807) is 33.8 Å². The Balaban J connectivity index is 1.30. The molecule has 2 aromatic carbocycles. The first-order valence-corrected chi connectivity index (χ1v) is 13.0. The third-order valence-electron chi connectivity index (χ3n) is 6.51. The third-order valence-corrected chi connectivity index (χ3v) is 6.51. The summed E-state index contributed by atoms with van der Waals surface area (Å²) in [6.07, 6.45) is 1.87. The van der Waals surface area contributed by atoms with Gasteiger partial charge in [0.15, 0.2) is 5.65 Å². The van der Waals surface area contributed by atoms with Crippen LogP contribution in [0.5, 0.6) is 5.88 Å². The van der Waals surface area contributed by atoms with E-state index in [0.29, 0.717) is 30.1 Å². The quantitative estimate of drug-likeness (QED) is 0.283. The first kappa shape index (κ1) is 26.3. The zero-order valence-electron chi connectivity index (χ0n) is 22.4. The van der Waals surface area contributed by atoms with Gasteiger partial charge >= 0.3 is 5.97 Å². The number of benzene rings is 2. The molecule has 0 aliphatic carbocycles. The standard InChI is InChI=1S/C30H31FN4O4/c1-19(22-6-5-7-23(31)16-22)38-27-13-12-26-32-17-25(35(26)33-27)21-8-10-24(11-9-21)34-18-20(14-28(34)36)15-29(37)39-30(2,3)4/h5-13,16-17,19-20H,14-15,18H2,1-4H3/t19-,20+/m1/s1. The van der Waals surface area contributed by atoms with Crippen LogP contribution in [-0.4, -0.2) is 38.6 Å². The Hall–Kier alpha value is -4.27. The van der Waals surface area contributed by atoms with E-state index in [1.807, 2.05) is 58.0 Å². The van der Waals surface area contributed by atoms with E-state index in [0.717, 1.165) is 16.9 Å². The molecule has 4 aromatic rings. The van der Waals surface area contributed by atoms with E-state index in [9.17, 15) is 14.0 Å². The Morgan fingerprint density at radius 2 is 1.90 bits per heavy atom. The van der Waals surface area contributed by atoms with Gasteiger partial charge < -0.3 is 14.4 Å². The lowest BCUT2D eigenvalue weighted by Gasteiger charge is -2.21. The van der Waals surface area contributed by atoms with Crippen molar-refractivity contribution in [3.8, 4) is 17.1 Å². The highest BCUT2D eigenvalue weighted by molar-refractivity contribution is 5.96. The van der Waals surface area contributed by atoms with Crippen LogP contribution in [0.15, 0.2) is 66.9 Å². The summed E-state index contributed by atoms with van der Waals surface area (Å²) in [4.78, 5) is 31.1. The number of esters is 1. The van der Waals surface area contributed by atoms with Crippen LogP contribution < -0.4 is 9.64 Å². The number of carbonyl (C=O) groups is 2. The number of hydrogen-bond acceptors (Lipinski definition) is 6. The first-order chi connectivity index (χ1) is 18.6. The van der Waals surface area contributed by atoms with E-state index in [1.165, 1.54) is 12.1 Å². The molecule has 9 heteroatoms. The average molecular weight is 531 g/mol. The molecule has 39 heavy (non-hydrogen) atoms. The van der Waals surface area contributed by atoms with E-state index in [2.05, 4.69) is 10.1 Å². The smallest absolute Gasteiger partial charge is 0.306 e. The van der Waals surface area contributed by atoms with Crippen LogP contribution in [0.4, 0.5) is 10.1 Å². The van der Waals surface area contributed by atoms with Crippen LogP contribution in [0.25, 0.3) is 16.9 Å². The fourth-order valence-electron chi connectivity index (χ4n) is 4.72. The SMILES string of the molecule is C[C@@H](Oc1ccc2ncc(-c3ccc(N4C[C@H](CC(=O)OC(C)(C)C)CC4=O)cc3)n2n1)c1cccc(F)c1. The second-order valence-electron chi connectivity index (χ2n) is 10.8. The molecule has 1 fully saturated rings. The fourth-order valence-corrected chi connectivity index (χ4v) is 4.72. The number of imidazole rings is 1. The normalized spacial score (nSPS) is 16.5. The van der Waals surface area contributed by atoms with Crippen molar-refractivity contribution < 1.29 is 23.5 Å². The Kier molecular flexibility index (Phi) is 7.08. The van der Waals surface area contributed by atoms with Crippen molar-refractivity contribution in [2.75, 3.05) is 11.4 Å². The Labute approximate surface area is 226 Å². The van der Waals surface area contributed by atoms with Gasteiger partial charge in [-0.2, -0.15) is 0 Å². The molecule has 0 saturated carbocycles. The molecule has 3 heterocycles. The van der Waals surface area contributed by atoms with Gasteiger partial charge in [0.05, 0.1) is 18.3 Å². The molecule has 5 rings (SSSR count). The number of nitrogens with zero attached hydrogens (tertiary/aromatic N) is 4. The molecular weight excluding hydrogens is 499 g/mol. The summed E-state index contributed by atoms with van der Waals surface area (Å²) < 4.78 is 26.7. The van der Waals surface area contributed by atoms with Crippen molar-refractivity contribution in [1.29, 1.82) is 0 Å². The van der Waals surface area contributed by atoms with Gasteiger partial charge in [0, 0.05) is 30.3 Å². The van der Waals surface area contributed by atoms with Crippen LogP contribution in [0, 0.1) is 11.7 Å². The van der Waals surface area contributed by atoms with Gasteiger partial charge in [-0.05, 0) is 69.5 Å². The minimum atomic E-state index is -0.547. The van der Waals surface area contributed by atoms with Crippen molar-refractivity contribution in [3.63, 3.8) is 0 Å². The number of anilines is 1. The third kappa shape index (κ3) is 6.08. The predicted molar refractivity (Wildman–Crippen MR) is 145 cm³/mol. The van der Waals surface area contributed by atoms with Crippen LogP contribution >= 0.6 is 0 Å². The van der Waals surface area contributed by atoms with Gasteiger partial charge in [-0.15, -0.1) is 5.10 Å². The van der Waals surface area contributed by atoms with Crippen LogP contribution in [0.3, 0.4) is 0 Å². The predicted octanol–water partition coefficient (Wildman–Crippen LogP) is 5.76. The first-order valence-electron chi connectivity index (χ1n) is 13.0. The number of ether oxygens (including phenoxy) is 2. The summed E-state index contributed by atoms with van der Waals surface area (Å²) in [6.45, 7) is 7.81. The zero-order valence-corrected chi connectivity index (χ0v) is 22.4. The maximum atomic E-state index is 13.6. The summed E-state index contributed by atoms with van der Waals surface area (Å²) in [6, 6.07) is 17.4. The number of rotatable bonds is 7. The number of hydrogen-bond donors (Lipinski definition) is 0. The summed E-state index contributed by atoms with van der Waals surface area (Å²) in [5.41, 5.74) is 3.21. The lowest BCUT2D eigenvalue weighted by Crippen LogP contribution is -2.27. The molecular formula is C30H31FN4O4. The van der Waals surface area contributed by atoms with Crippen molar-refractivity contribution in [2.45, 2.75) is 52.2 Å². The highest BCUT2D eigenvalue weighted by Gasteiger charge is 2.33. The van der Waals surface area contributed by atoms with Gasteiger partial charge in [-0.3, -0.25) is 9.59 Å². The number of amides is 1. The largest absolute Gasteiger partial charge is 0.469 e. The Morgan fingerprint density at radius 3 is 2.62 bits per heavy atom. The fraction of sp³-hybridized carbons (Fsp3) is 0.333. The molecule has 0 unspecified atom stereocenters. The molecule has 8 nitrogen and oxygen atoms in total. The molecule has 1 aliphatic rings. The van der Waals surface area contributed by atoms with Gasteiger partial charge in [0.1, 0.15) is 17.5 Å². The molecule has 0 N–H and O–H groups in total.